The van der Waals surface area contributed by atoms with Gasteiger partial charge in [0.05, 0.1) is 24.4 Å². The molecule has 1 aromatic rings. The molecule has 0 radical (unpaired) electrons. The minimum Gasteiger partial charge on any atom is -0.394 e. The molecule has 1 amide bonds. The highest BCUT2D eigenvalue weighted by atomic mass is 16.3. The van der Waals surface area contributed by atoms with Crippen LogP contribution in [-0.4, -0.2) is 51.2 Å². The second-order valence-electron chi connectivity index (χ2n) is 6.47. The molecule has 0 unspecified atom stereocenters. The van der Waals surface area contributed by atoms with Gasteiger partial charge >= 0.3 is 0 Å². The maximum Gasteiger partial charge on any atom is 0.273 e. The number of rotatable bonds is 4. The molecule has 7 heteroatoms. The van der Waals surface area contributed by atoms with Gasteiger partial charge < -0.3 is 15.7 Å². The number of nitrogens with zero attached hydrogens (tertiary/aromatic N) is 3. The van der Waals surface area contributed by atoms with Crippen LogP contribution in [0.1, 0.15) is 49.1 Å². The average Bonchev–Trinajstić information content (AvgIpc) is 2.89. The number of amides is 1. The van der Waals surface area contributed by atoms with Crippen LogP contribution in [0.5, 0.6) is 0 Å². The van der Waals surface area contributed by atoms with E-state index in [1.807, 2.05) is 0 Å². The Morgan fingerprint density at radius 2 is 2.24 bits per heavy atom. The lowest BCUT2D eigenvalue weighted by atomic mass is 9.77. The largest absolute Gasteiger partial charge is 0.394 e. The fourth-order valence-corrected chi connectivity index (χ4v) is 2.96. The van der Waals surface area contributed by atoms with Crippen LogP contribution in [0.3, 0.4) is 0 Å². The molecule has 1 aromatic heterocycles. The van der Waals surface area contributed by atoms with Crippen molar-refractivity contribution in [2.24, 2.45) is 5.92 Å². The Balaban J connectivity index is 1.65. The van der Waals surface area contributed by atoms with Crippen LogP contribution in [0.25, 0.3) is 0 Å². The van der Waals surface area contributed by atoms with E-state index in [0.29, 0.717) is 17.7 Å². The van der Waals surface area contributed by atoms with Crippen molar-refractivity contribution >= 4 is 5.91 Å². The van der Waals surface area contributed by atoms with E-state index in [1.165, 1.54) is 0 Å². The van der Waals surface area contributed by atoms with E-state index >= 15 is 0 Å². The van der Waals surface area contributed by atoms with Crippen LogP contribution in [0.2, 0.25) is 0 Å². The first-order valence-corrected chi connectivity index (χ1v) is 7.68. The topological polar surface area (TPSA) is 92.1 Å². The summed E-state index contributed by atoms with van der Waals surface area (Å²) >= 11 is 0. The minimum absolute atomic E-state index is 0.0217. The molecule has 0 spiro atoms. The molecule has 7 nitrogen and oxygen atoms in total. The molecule has 0 atom stereocenters. The van der Waals surface area contributed by atoms with E-state index in [4.69, 9.17) is 0 Å². The highest BCUT2D eigenvalue weighted by Gasteiger charge is 2.36. The maximum atomic E-state index is 12.3. The van der Waals surface area contributed by atoms with Crippen molar-refractivity contribution in [1.82, 2.24) is 25.6 Å². The van der Waals surface area contributed by atoms with Crippen molar-refractivity contribution < 1.29 is 9.90 Å². The van der Waals surface area contributed by atoms with E-state index in [2.05, 4.69) is 27.9 Å². The highest BCUT2D eigenvalue weighted by Crippen LogP contribution is 2.31. The molecule has 2 aliphatic rings. The second-order valence-corrected chi connectivity index (χ2v) is 6.47. The van der Waals surface area contributed by atoms with Crippen molar-refractivity contribution in [3.63, 3.8) is 0 Å². The zero-order valence-electron chi connectivity index (χ0n) is 12.4. The van der Waals surface area contributed by atoms with E-state index in [0.717, 1.165) is 38.8 Å². The molecular weight excluding hydrogens is 270 g/mol. The highest BCUT2D eigenvalue weighted by molar-refractivity contribution is 5.92. The monoisotopic (exact) mass is 293 g/mol. The van der Waals surface area contributed by atoms with Gasteiger partial charge in [-0.2, -0.15) is 0 Å². The van der Waals surface area contributed by atoms with Gasteiger partial charge in [0.25, 0.3) is 5.91 Å². The number of aliphatic hydroxyl groups is 1. The third kappa shape index (κ3) is 2.94. The molecule has 21 heavy (non-hydrogen) atoms. The molecule has 3 rings (SSSR count). The number of carbonyl (C=O) groups is 1. The number of carbonyl (C=O) groups excluding carboxylic acids is 1. The Labute approximate surface area is 124 Å². The Morgan fingerprint density at radius 3 is 2.81 bits per heavy atom. The molecule has 1 saturated carbocycles. The van der Waals surface area contributed by atoms with Crippen LogP contribution in [0, 0.1) is 5.92 Å². The normalized spacial score (nSPS) is 29.9. The Morgan fingerprint density at radius 1 is 1.52 bits per heavy atom. The smallest absolute Gasteiger partial charge is 0.273 e. The molecule has 1 aliphatic carbocycles. The standard InChI is InChI=1S/C14H23N5O2/c1-10-2-4-14(9-20,5-3-10)16-13(21)12-8-19(18-17-12)11-6-15-7-11/h8,10-11,15,20H,2-7,9H2,1H3,(H,16,21). The maximum absolute atomic E-state index is 12.3. The summed E-state index contributed by atoms with van der Waals surface area (Å²) in [6.07, 6.45) is 5.38. The van der Waals surface area contributed by atoms with Gasteiger partial charge in [0.1, 0.15) is 0 Å². The number of hydrogen-bond acceptors (Lipinski definition) is 5. The van der Waals surface area contributed by atoms with E-state index in [1.54, 1.807) is 10.9 Å². The molecular formula is C14H23N5O2. The van der Waals surface area contributed by atoms with E-state index in [-0.39, 0.29) is 12.5 Å². The summed E-state index contributed by atoms with van der Waals surface area (Å²) in [5.41, 5.74) is -0.167. The van der Waals surface area contributed by atoms with Gasteiger partial charge in [-0.25, -0.2) is 4.68 Å². The van der Waals surface area contributed by atoms with Gasteiger partial charge in [-0.3, -0.25) is 4.79 Å². The zero-order valence-corrected chi connectivity index (χ0v) is 12.4. The van der Waals surface area contributed by atoms with Gasteiger partial charge in [0.15, 0.2) is 5.69 Å². The van der Waals surface area contributed by atoms with Gasteiger partial charge in [-0.05, 0) is 31.6 Å². The first-order valence-electron chi connectivity index (χ1n) is 7.68. The summed E-state index contributed by atoms with van der Waals surface area (Å²) in [7, 11) is 0. The predicted molar refractivity (Wildman–Crippen MR) is 76.8 cm³/mol. The van der Waals surface area contributed by atoms with Crippen LogP contribution in [-0.2, 0) is 0 Å². The molecule has 2 heterocycles. The Hall–Kier alpha value is -1.47. The van der Waals surface area contributed by atoms with Gasteiger partial charge in [0.2, 0.25) is 0 Å². The van der Waals surface area contributed by atoms with Gasteiger partial charge in [-0.1, -0.05) is 12.1 Å². The second kappa shape index (κ2) is 5.73. The Bertz CT molecular complexity index is 503. The number of aliphatic hydroxyl groups excluding tert-OH is 1. The lowest BCUT2D eigenvalue weighted by Gasteiger charge is -2.38. The average molecular weight is 293 g/mol. The summed E-state index contributed by atoms with van der Waals surface area (Å²) in [5.74, 6) is 0.422. The number of nitrogens with one attached hydrogen (secondary N) is 2. The molecule has 3 N–H and O–H groups in total. The fourth-order valence-electron chi connectivity index (χ4n) is 2.96. The summed E-state index contributed by atoms with van der Waals surface area (Å²) in [6.45, 7) is 3.92. The molecule has 1 saturated heterocycles. The number of aromatic nitrogens is 3. The van der Waals surface area contributed by atoms with Crippen LogP contribution in [0.4, 0.5) is 0 Å². The quantitative estimate of drug-likeness (QED) is 0.732. The summed E-state index contributed by atoms with van der Waals surface area (Å²) in [5, 5.41) is 23.8. The van der Waals surface area contributed by atoms with Crippen molar-refractivity contribution in [2.75, 3.05) is 19.7 Å². The first-order chi connectivity index (χ1) is 10.1. The summed E-state index contributed by atoms with van der Waals surface area (Å²) < 4.78 is 1.74. The lowest BCUT2D eigenvalue weighted by molar-refractivity contribution is 0.0712. The van der Waals surface area contributed by atoms with Crippen molar-refractivity contribution in [3.05, 3.63) is 11.9 Å². The van der Waals surface area contributed by atoms with Crippen LogP contribution < -0.4 is 10.6 Å². The first kappa shape index (κ1) is 14.5. The van der Waals surface area contributed by atoms with Gasteiger partial charge in [-0.15, -0.1) is 5.10 Å². The van der Waals surface area contributed by atoms with Crippen LogP contribution in [0.15, 0.2) is 6.20 Å². The van der Waals surface area contributed by atoms with Crippen molar-refractivity contribution in [3.8, 4) is 0 Å². The van der Waals surface area contributed by atoms with E-state index in [9.17, 15) is 9.90 Å². The minimum atomic E-state index is -0.495. The molecule has 2 fully saturated rings. The third-order valence-corrected chi connectivity index (χ3v) is 4.79. The molecule has 116 valence electrons. The Kier molecular flexibility index (Phi) is 3.95. The molecule has 0 bridgehead atoms. The number of hydrogen-bond donors (Lipinski definition) is 3. The van der Waals surface area contributed by atoms with Crippen LogP contribution >= 0.6 is 0 Å². The molecule has 0 aromatic carbocycles. The SMILES string of the molecule is CC1CCC(CO)(NC(=O)c2cn(C3CNC3)nn2)CC1. The third-order valence-electron chi connectivity index (χ3n) is 4.79. The van der Waals surface area contributed by atoms with Crippen molar-refractivity contribution in [2.45, 2.75) is 44.2 Å². The summed E-state index contributed by atoms with van der Waals surface area (Å²) in [6, 6.07) is 0.293. The zero-order chi connectivity index (χ0) is 14.9. The molecule has 1 aliphatic heterocycles. The summed E-state index contributed by atoms with van der Waals surface area (Å²) in [4.78, 5) is 12.3. The van der Waals surface area contributed by atoms with E-state index < -0.39 is 5.54 Å². The predicted octanol–water partition coefficient (Wildman–Crippen LogP) is 0.0934. The van der Waals surface area contributed by atoms with Crippen molar-refractivity contribution in [1.29, 1.82) is 0 Å². The van der Waals surface area contributed by atoms with Gasteiger partial charge in [0, 0.05) is 13.1 Å². The fraction of sp³-hybridized carbons (Fsp3) is 0.786. The lowest BCUT2D eigenvalue weighted by Crippen LogP contribution is -2.53.